The highest BCUT2D eigenvalue weighted by atomic mass is 32.2. The molecule has 0 saturated carbocycles. The number of esters is 1. The molecule has 0 unspecified atom stereocenters. The minimum Gasteiger partial charge on any atom is -0.465 e. The summed E-state index contributed by atoms with van der Waals surface area (Å²) in [6, 6.07) is 3.97. The summed E-state index contributed by atoms with van der Waals surface area (Å²) in [6.07, 6.45) is 0. The SMILES string of the molecule is C=C(C)CNS(=O)(=O)c1cc(N)ccc1C(=O)OC. The molecule has 0 heterocycles. The molecule has 0 radical (unpaired) electrons. The van der Waals surface area contributed by atoms with Crippen LogP contribution in [0.3, 0.4) is 0 Å². The number of anilines is 1. The summed E-state index contributed by atoms with van der Waals surface area (Å²) in [5.74, 6) is -0.740. The van der Waals surface area contributed by atoms with Crippen LogP contribution < -0.4 is 10.5 Å². The Morgan fingerprint density at radius 1 is 1.47 bits per heavy atom. The fraction of sp³-hybridized carbons (Fsp3) is 0.250. The Kier molecular flexibility index (Phi) is 4.68. The van der Waals surface area contributed by atoms with Crippen molar-refractivity contribution in [1.82, 2.24) is 4.72 Å². The average Bonchev–Trinajstić information content (AvgIpc) is 2.35. The zero-order chi connectivity index (χ0) is 14.6. The number of carbonyl (C=O) groups excluding carboxylic acids is 1. The molecule has 0 bridgehead atoms. The van der Waals surface area contributed by atoms with Crippen LogP contribution in [0.15, 0.2) is 35.2 Å². The first-order chi connectivity index (χ1) is 8.77. The molecule has 7 heteroatoms. The van der Waals surface area contributed by atoms with Gasteiger partial charge in [-0.1, -0.05) is 12.2 Å². The lowest BCUT2D eigenvalue weighted by molar-refractivity contribution is 0.0596. The van der Waals surface area contributed by atoms with Gasteiger partial charge >= 0.3 is 5.97 Å². The third-order valence-corrected chi connectivity index (χ3v) is 3.71. The second-order valence-electron chi connectivity index (χ2n) is 4.03. The Bertz CT molecular complexity index is 608. The highest BCUT2D eigenvalue weighted by molar-refractivity contribution is 7.89. The lowest BCUT2D eigenvalue weighted by Crippen LogP contribution is -2.27. The second kappa shape index (κ2) is 5.85. The largest absolute Gasteiger partial charge is 0.465 e. The number of hydrogen-bond acceptors (Lipinski definition) is 5. The molecule has 1 rings (SSSR count). The second-order valence-corrected chi connectivity index (χ2v) is 5.76. The molecule has 0 amide bonds. The van der Waals surface area contributed by atoms with Crippen LogP contribution in [0, 0.1) is 0 Å². The van der Waals surface area contributed by atoms with Crippen LogP contribution in [0.4, 0.5) is 5.69 Å². The average molecular weight is 284 g/mol. The maximum atomic E-state index is 12.1. The van der Waals surface area contributed by atoms with Crippen LogP contribution in [0.1, 0.15) is 17.3 Å². The molecular formula is C12H16N2O4S. The minimum absolute atomic E-state index is 0.0640. The zero-order valence-corrected chi connectivity index (χ0v) is 11.6. The molecule has 1 aromatic carbocycles. The van der Waals surface area contributed by atoms with Crippen molar-refractivity contribution in [3.05, 3.63) is 35.9 Å². The van der Waals surface area contributed by atoms with E-state index in [1.807, 2.05) is 0 Å². The summed E-state index contributed by atoms with van der Waals surface area (Å²) in [5.41, 5.74) is 6.38. The van der Waals surface area contributed by atoms with Crippen LogP contribution in [-0.2, 0) is 14.8 Å². The summed E-state index contributed by atoms with van der Waals surface area (Å²) in [6.45, 7) is 5.36. The van der Waals surface area contributed by atoms with E-state index in [4.69, 9.17) is 5.73 Å². The van der Waals surface area contributed by atoms with Gasteiger partial charge in [0.05, 0.1) is 17.6 Å². The van der Waals surface area contributed by atoms with Gasteiger partial charge in [0.1, 0.15) is 0 Å². The molecule has 0 aliphatic carbocycles. The first-order valence-electron chi connectivity index (χ1n) is 5.40. The van der Waals surface area contributed by atoms with E-state index < -0.39 is 16.0 Å². The summed E-state index contributed by atoms with van der Waals surface area (Å²) >= 11 is 0. The number of sulfonamides is 1. The van der Waals surface area contributed by atoms with E-state index in [2.05, 4.69) is 16.0 Å². The Morgan fingerprint density at radius 2 is 2.11 bits per heavy atom. The van der Waals surface area contributed by atoms with E-state index >= 15 is 0 Å². The van der Waals surface area contributed by atoms with Gasteiger partial charge in [0.2, 0.25) is 10.0 Å². The molecule has 104 valence electrons. The number of rotatable bonds is 5. The molecule has 0 atom stereocenters. The van der Waals surface area contributed by atoms with E-state index in [1.54, 1.807) is 6.92 Å². The summed E-state index contributed by atoms with van der Waals surface area (Å²) in [5, 5.41) is 0. The summed E-state index contributed by atoms with van der Waals surface area (Å²) < 4.78 is 31.1. The van der Waals surface area contributed by atoms with Gasteiger partial charge in [-0.2, -0.15) is 0 Å². The van der Waals surface area contributed by atoms with Crippen molar-refractivity contribution in [3.63, 3.8) is 0 Å². The number of nitrogens with two attached hydrogens (primary N) is 1. The van der Waals surface area contributed by atoms with Gasteiger partial charge in [-0.05, 0) is 25.1 Å². The Hall–Kier alpha value is -1.86. The number of hydrogen-bond donors (Lipinski definition) is 2. The molecule has 0 aliphatic heterocycles. The topological polar surface area (TPSA) is 98.5 Å². The number of nitrogens with one attached hydrogen (secondary N) is 1. The van der Waals surface area contributed by atoms with Crippen LogP contribution in [0.2, 0.25) is 0 Å². The highest BCUT2D eigenvalue weighted by Crippen LogP contribution is 2.20. The number of nitrogen functional groups attached to an aromatic ring is 1. The van der Waals surface area contributed by atoms with Crippen molar-refractivity contribution in [2.45, 2.75) is 11.8 Å². The van der Waals surface area contributed by atoms with E-state index in [9.17, 15) is 13.2 Å². The fourth-order valence-corrected chi connectivity index (χ4v) is 2.66. The number of benzene rings is 1. The Labute approximate surface area is 112 Å². The molecular weight excluding hydrogens is 268 g/mol. The van der Waals surface area contributed by atoms with Crippen molar-refractivity contribution < 1.29 is 17.9 Å². The molecule has 19 heavy (non-hydrogen) atoms. The van der Waals surface area contributed by atoms with Gasteiger partial charge in [-0.25, -0.2) is 17.9 Å². The summed E-state index contributed by atoms with van der Waals surface area (Å²) in [7, 11) is -2.68. The van der Waals surface area contributed by atoms with Crippen LogP contribution >= 0.6 is 0 Å². The lowest BCUT2D eigenvalue weighted by atomic mass is 10.2. The third kappa shape index (κ3) is 3.80. The molecule has 0 saturated heterocycles. The van der Waals surface area contributed by atoms with Gasteiger partial charge < -0.3 is 10.5 Å². The normalized spacial score (nSPS) is 11.1. The van der Waals surface area contributed by atoms with E-state index in [1.165, 1.54) is 25.3 Å². The molecule has 0 fully saturated rings. The van der Waals surface area contributed by atoms with E-state index in [0.29, 0.717) is 5.57 Å². The highest BCUT2D eigenvalue weighted by Gasteiger charge is 2.23. The first kappa shape index (κ1) is 15.2. The molecule has 1 aromatic rings. The minimum atomic E-state index is -3.86. The first-order valence-corrected chi connectivity index (χ1v) is 6.88. The van der Waals surface area contributed by atoms with Gasteiger partial charge in [0.15, 0.2) is 0 Å². The lowest BCUT2D eigenvalue weighted by Gasteiger charge is -2.11. The molecule has 0 aromatic heterocycles. The Morgan fingerprint density at radius 3 is 2.63 bits per heavy atom. The molecule has 0 aliphatic rings. The van der Waals surface area contributed by atoms with Crippen molar-refractivity contribution in [2.24, 2.45) is 0 Å². The van der Waals surface area contributed by atoms with Crippen LogP contribution in [-0.4, -0.2) is 28.0 Å². The third-order valence-electron chi connectivity index (χ3n) is 2.26. The maximum absolute atomic E-state index is 12.1. The molecule has 3 N–H and O–H groups in total. The fourth-order valence-electron chi connectivity index (χ4n) is 1.34. The van der Waals surface area contributed by atoms with Crippen molar-refractivity contribution in [3.8, 4) is 0 Å². The van der Waals surface area contributed by atoms with Crippen molar-refractivity contribution in [1.29, 1.82) is 0 Å². The van der Waals surface area contributed by atoms with E-state index in [-0.39, 0.29) is 22.7 Å². The van der Waals surface area contributed by atoms with Gasteiger partial charge in [-0.3, -0.25) is 0 Å². The maximum Gasteiger partial charge on any atom is 0.339 e. The van der Waals surface area contributed by atoms with Crippen molar-refractivity contribution >= 4 is 21.7 Å². The quantitative estimate of drug-likeness (QED) is 0.476. The van der Waals surface area contributed by atoms with Crippen molar-refractivity contribution in [2.75, 3.05) is 19.4 Å². The predicted octanol–water partition coefficient (Wildman–Crippen LogP) is 0.910. The van der Waals surface area contributed by atoms with Crippen LogP contribution in [0.25, 0.3) is 0 Å². The Balaban J connectivity index is 3.27. The zero-order valence-electron chi connectivity index (χ0n) is 10.8. The standard InChI is InChI=1S/C12H16N2O4S/c1-8(2)7-14-19(16,17)11-6-9(13)4-5-10(11)12(15)18-3/h4-6,14H,1,7,13H2,2-3H3. The summed E-state index contributed by atoms with van der Waals surface area (Å²) in [4.78, 5) is 11.3. The van der Waals surface area contributed by atoms with Gasteiger partial charge in [0.25, 0.3) is 0 Å². The molecule has 0 spiro atoms. The van der Waals surface area contributed by atoms with Crippen LogP contribution in [0.5, 0.6) is 0 Å². The monoisotopic (exact) mass is 284 g/mol. The van der Waals surface area contributed by atoms with Gasteiger partial charge in [-0.15, -0.1) is 0 Å². The van der Waals surface area contributed by atoms with E-state index in [0.717, 1.165) is 0 Å². The predicted molar refractivity (Wildman–Crippen MR) is 72.2 cm³/mol. The smallest absolute Gasteiger partial charge is 0.339 e. The number of ether oxygens (including phenoxy) is 1. The molecule has 6 nitrogen and oxygen atoms in total. The number of methoxy groups -OCH3 is 1. The van der Waals surface area contributed by atoms with Gasteiger partial charge in [0, 0.05) is 12.2 Å². The number of carbonyl (C=O) groups is 1.